The van der Waals surface area contributed by atoms with Crippen molar-refractivity contribution in [2.45, 2.75) is 11.7 Å². The van der Waals surface area contributed by atoms with Crippen LogP contribution in [0.1, 0.15) is 11.3 Å². The topological polar surface area (TPSA) is 74.2 Å². The van der Waals surface area contributed by atoms with Crippen LogP contribution in [0.4, 0.5) is 5.82 Å². The molecule has 4 rings (SSSR count). The minimum Gasteiger partial charge on any atom is -0.354 e. The number of piperazine rings is 1. The fourth-order valence-electron chi connectivity index (χ4n) is 3.55. The fraction of sp³-hybridized carbons (Fsp3) is 0.280. The van der Waals surface area contributed by atoms with E-state index in [4.69, 9.17) is 11.6 Å². The molecule has 0 aliphatic carbocycles. The van der Waals surface area contributed by atoms with Crippen molar-refractivity contribution < 1.29 is 4.79 Å². The number of halogens is 1. The third-order valence-electron chi connectivity index (χ3n) is 5.36. The summed E-state index contributed by atoms with van der Waals surface area (Å²) in [6, 6.07) is 17.7. The first-order chi connectivity index (χ1) is 16.7. The van der Waals surface area contributed by atoms with Crippen LogP contribution in [0.5, 0.6) is 0 Å². The summed E-state index contributed by atoms with van der Waals surface area (Å²) in [5, 5.41) is 3.75. The van der Waals surface area contributed by atoms with E-state index in [9.17, 15) is 4.79 Å². The number of aromatic nitrogens is 3. The maximum absolute atomic E-state index is 12.2. The highest BCUT2D eigenvalue weighted by atomic mass is 35.5. The predicted octanol–water partition coefficient (Wildman–Crippen LogP) is 3.77. The van der Waals surface area contributed by atoms with Gasteiger partial charge in [0.15, 0.2) is 5.16 Å². The van der Waals surface area contributed by atoms with Crippen molar-refractivity contribution in [1.82, 2.24) is 25.2 Å². The zero-order valence-corrected chi connectivity index (χ0v) is 20.4. The van der Waals surface area contributed by atoms with Crippen LogP contribution in [0.2, 0.25) is 5.15 Å². The van der Waals surface area contributed by atoms with Gasteiger partial charge in [-0.3, -0.25) is 14.7 Å². The number of hydrogen-bond donors (Lipinski definition) is 1. The molecule has 7 nitrogen and oxygen atoms in total. The van der Waals surface area contributed by atoms with Crippen LogP contribution in [0, 0.1) is 0 Å². The molecule has 0 spiro atoms. The summed E-state index contributed by atoms with van der Waals surface area (Å²) < 4.78 is 0. The lowest BCUT2D eigenvalue weighted by Gasteiger charge is -2.35. The summed E-state index contributed by atoms with van der Waals surface area (Å²) in [6.45, 7) is 4.93. The number of benzene rings is 1. The molecule has 9 heteroatoms. The first kappa shape index (κ1) is 24.2. The lowest BCUT2D eigenvalue weighted by Crippen LogP contribution is -2.46. The van der Waals surface area contributed by atoms with Gasteiger partial charge in [-0.1, -0.05) is 71.9 Å². The smallest absolute Gasteiger partial charge is 0.230 e. The maximum atomic E-state index is 12.2. The second kappa shape index (κ2) is 12.5. The van der Waals surface area contributed by atoms with Crippen molar-refractivity contribution in [1.29, 1.82) is 0 Å². The van der Waals surface area contributed by atoms with E-state index < -0.39 is 0 Å². The Hall–Kier alpha value is -2.94. The molecule has 0 atom stereocenters. The van der Waals surface area contributed by atoms with E-state index >= 15 is 0 Å². The van der Waals surface area contributed by atoms with Crippen LogP contribution in [-0.4, -0.2) is 64.2 Å². The van der Waals surface area contributed by atoms with Gasteiger partial charge in [-0.15, -0.1) is 0 Å². The van der Waals surface area contributed by atoms with Crippen LogP contribution in [0.25, 0.3) is 6.08 Å². The predicted molar refractivity (Wildman–Crippen MR) is 138 cm³/mol. The van der Waals surface area contributed by atoms with Crippen molar-refractivity contribution in [3.8, 4) is 0 Å². The quantitative estimate of drug-likeness (QED) is 0.276. The Kier molecular flexibility index (Phi) is 8.90. The van der Waals surface area contributed by atoms with E-state index in [1.165, 1.54) is 17.3 Å². The molecule has 2 aromatic heterocycles. The number of rotatable bonds is 9. The molecule has 1 fully saturated rings. The summed E-state index contributed by atoms with van der Waals surface area (Å²) in [6.07, 6.45) is 6.08. The molecule has 0 radical (unpaired) electrons. The van der Waals surface area contributed by atoms with E-state index in [1.54, 1.807) is 12.3 Å². The summed E-state index contributed by atoms with van der Waals surface area (Å²) >= 11 is 7.54. The van der Waals surface area contributed by atoms with Crippen molar-refractivity contribution in [2.75, 3.05) is 43.4 Å². The highest BCUT2D eigenvalue weighted by molar-refractivity contribution is 7.99. The molecule has 1 aliphatic heterocycles. The van der Waals surface area contributed by atoms with E-state index in [0.717, 1.165) is 44.2 Å². The second-order valence-corrected chi connectivity index (χ2v) is 9.15. The fourth-order valence-corrected chi connectivity index (χ4v) is 4.46. The van der Waals surface area contributed by atoms with E-state index in [1.807, 2.05) is 36.4 Å². The first-order valence-corrected chi connectivity index (χ1v) is 12.5. The van der Waals surface area contributed by atoms with Crippen molar-refractivity contribution in [3.05, 3.63) is 83.3 Å². The number of carbonyl (C=O) groups excluding carboxylic acids is 1. The number of thioether (sulfide) groups is 1. The molecule has 1 aliphatic rings. The molecule has 1 N–H and O–H groups in total. The minimum atomic E-state index is -0.0991. The maximum Gasteiger partial charge on any atom is 0.230 e. The Labute approximate surface area is 209 Å². The number of hydrogen-bond acceptors (Lipinski definition) is 7. The lowest BCUT2D eigenvalue weighted by molar-refractivity contribution is -0.118. The second-order valence-electron chi connectivity index (χ2n) is 7.82. The number of nitrogens with zero attached hydrogens (tertiary/aromatic N) is 5. The molecule has 34 heavy (non-hydrogen) atoms. The Balaban J connectivity index is 1.24. The summed E-state index contributed by atoms with van der Waals surface area (Å²) in [5.74, 6) is 0.919. The van der Waals surface area contributed by atoms with Crippen molar-refractivity contribution in [2.24, 2.45) is 0 Å². The van der Waals surface area contributed by atoms with Gasteiger partial charge in [0.2, 0.25) is 5.91 Å². The van der Waals surface area contributed by atoms with Gasteiger partial charge in [0.1, 0.15) is 11.0 Å². The van der Waals surface area contributed by atoms with Gasteiger partial charge < -0.3 is 10.2 Å². The van der Waals surface area contributed by atoms with Gasteiger partial charge in [-0.25, -0.2) is 9.97 Å². The van der Waals surface area contributed by atoms with Gasteiger partial charge >= 0.3 is 0 Å². The third kappa shape index (κ3) is 7.55. The van der Waals surface area contributed by atoms with E-state index in [-0.39, 0.29) is 11.7 Å². The largest absolute Gasteiger partial charge is 0.354 e. The van der Waals surface area contributed by atoms with Crippen LogP contribution < -0.4 is 10.2 Å². The average Bonchev–Trinajstić information content (AvgIpc) is 2.87. The van der Waals surface area contributed by atoms with E-state index in [0.29, 0.717) is 16.9 Å². The number of nitrogens with one attached hydrogen (secondary N) is 1. The Morgan fingerprint density at radius 1 is 1.06 bits per heavy atom. The Morgan fingerprint density at radius 3 is 2.62 bits per heavy atom. The Bertz CT molecular complexity index is 1090. The van der Waals surface area contributed by atoms with Gasteiger partial charge in [0, 0.05) is 45.0 Å². The molecule has 1 amide bonds. The SMILES string of the molecule is O=C(CSc1nc(Cl)cc(N2CCN(C/C=C/c3ccccc3)CC2)n1)NCc1ccccn1. The molecule has 1 saturated heterocycles. The van der Waals surface area contributed by atoms with E-state index in [2.05, 4.69) is 54.4 Å². The molecular weight excluding hydrogens is 468 g/mol. The molecule has 1 aromatic carbocycles. The highest BCUT2D eigenvalue weighted by Crippen LogP contribution is 2.23. The molecule has 176 valence electrons. The van der Waals surface area contributed by atoms with Crippen molar-refractivity contribution >= 4 is 41.2 Å². The van der Waals surface area contributed by atoms with Gasteiger partial charge in [-0.2, -0.15) is 0 Å². The zero-order chi connectivity index (χ0) is 23.6. The average molecular weight is 495 g/mol. The highest BCUT2D eigenvalue weighted by Gasteiger charge is 2.19. The normalized spacial score (nSPS) is 14.4. The van der Waals surface area contributed by atoms with Crippen LogP contribution in [0.15, 0.2) is 72.0 Å². The van der Waals surface area contributed by atoms with Gasteiger partial charge in [0.25, 0.3) is 0 Å². The molecular formula is C25H27ClN6OS. The molecule has 0 unspecified atom stereocenters. The summed E-state index contributed by atoms with van der Waals surface area (Å²) in [4.78, 5) is 30.0. The molecule has 0 saturated carbocycles. The van der Waals surface area contributed by atoms with Gasteiger partial charge in [0.05, 0.1) is 18.0 Å². The summed E-state index contributed by atoms with van der Waals surface area (Å²) in [7, 11) is 0. The lowest BCUT2D eigenvalue weighted by atomic mass is 10.2. The molecule has 0 bridgehead atoms. The first-order valence-electron chi connectivity index (χ1n) is 11.2. The number of carbonyl (C=O) groups is 1. The Morgan fingerprint density at radius 2 is 1.85 bits per heavy atom. The van der Waals surface area contributed by atoms with Crippen LogP contribution in [0.3, 0.4) is 0 Å². The third-order valence-corrected chi connectivity index (χ3v) is 6.40. The molecule has 3 aromatic rings. The standard InChI is InChI=1S/C25H27ClN6OS/c26-22-17-23(30-25(29-22)34-19-24(33)28-18-21-10-4-5-11-27-21)32-15-13-31(14-16-32)12-6-9-20-7-2-1-3-8-20/h1-11,17H,12-16,18-19H2,(H,28,33)/b9-6+. The molecule has 3 heterocycles. The van der Waals surface area contributed by atoms with Gasteiger partial charge in [-0.05, 0) is 17.7 Å². The van der Waals surface area contributed by atoms with Crippen LogP contribution >= 0.6 is 23.4 Å². The number of amides is 1. The zero-order valence-electron chi connectivity index (χ0n) is 18.8. The monoisotopic (exact) mass is 494 g/mol. The van der Waals surface area contributed by atoms with Crippen LogP contribution in [-0.2, 0) is 11.3 Å². The number of anilines is 1. The summed E-state index contributed by atoms with van der Waals surface area (Å²) in [5.41, 5.74) is 2.03. The minimum absolute atomic E-state index is 0.0991. The number of pyridine rings is 1. The van der Waals surface area contributed by atoms with Crippen molar-refractivity contribution in [3.63, 3.8) is 0 Å².